The van der Waals surface area contributed by atoms with Crippen LogP contribution in [0.1, 0.15) is 115 Å². The molecule has 4 atom stereocenters. The minimum Gasteiger partial charge on any atom is -0.418 e. The summed E-state index contributed by atoms with van der Waals surface area (Å²) >= 11 is 9.16. The van der Waals surface area contributed by atoms with E-state index in [0.29, 0.717) is 19.8 Å². The summed E-state index contributed by atoms with van der Waals surface area (Å²) in [6.07, 6.45) is 5.32. The SMILES string of the molecule is CCO[Si](C)(C)CCCSCC(C)(C)C(=O)N(C)C.CCO[Si](C)(CCCSCC(C)C(=O)N(C)C)OCC.CCO[Si](CCCSCC(C)C(=O)N(C)C)(OCC)OCC.CO[Si](C)(CCCSCC(C)C(=O)N(C)C)OC.CO[Si](CCCSCC(C)C(=O)N(C)C)(OC)OC. The summed E-state index contributed by atoms with van der Waals surface area (Å²) in [5.74, 6) is 10.9. The van der Waals surface area contributed by atoms with E-state index in [1.165, 1.54) is 12.5 Å². The third-order valence-electron chi connectivity index (χ3n) is 15.1. The summed E-state index contributed by atoms with van der Waals surface area (Å²) < 4.78 is 61.9. The molecule has 0 saturated heterocycles. The van der Waals surface area contributed by atoms with Gasteiger partial charge < -0.3 is 73.2 Å². The first-order valence-corrected chi connectivity index (χ1v) is 53.0. The van der Waals surface area contributed by atoms with Crippen LogP contribution in [0, 0.1) is 29.1 Å². The van der Waals surface area contributed by atoms with E-state index >= 15 is 0 Å². The highest BCUT2D eigenvalue weighted by Crippen LogP contribution is 2.27. The van der Waals surface area contributed by atoms with Crippen LogP contribution in [0.4, 0.5) is 0 Å². The van der Waals surface area contributed by atoms with Crippen molar-refractivity contribution >= 4 is 131 Å². The van der Waals surface area contributed by atoms with Gasteiger partial charge in [0.15, 0.2) is 8.32 Å². The Balaban J connectivity index is -0.000000368. The van der Waals surface area contributed by atoms with Crippen molar-refractivity contribution in [1.82, 2.24) is 24.5 Å². The van der Waals surface area contributed by atoms with Gasteiger partial charge in [0.2, 0.25) is 29.5 Å². The first-order chi connectivity index (χ1) is 45.7. The monoisotopic (exact) mass is 1580 g/mol. The van der Waals surface area contributed by atoms with Crippen molar-refractivity contribution < 1.29 is 72.7 Å². The van der Waals surface area contributed by atoms with E-state index in [-0.39, 0.29) is 58.6 Å². The van der Waals surface area contributed by atoms with Gasteiger partial charge in [0, 0.05) is 210 Å². The van der Waals surface area contributed by atoms with Crippen LogP contribution in [0.3, 0.4) is 0 Å². The zero-order valence-corrected chi connectivity index (χ0v) is 77.1. The fourth-order valence-corrected chi connectivity index (χ4v) is 26.1. The van der Waals surface area contributed by atoms with Crippen LogP contribution >= 0.6 is 58.8 Å². The van der Waals surface area contributed by atoms with E-state index in [1.807, 2.05) is 151 Å². The second kappa shape index (κ2) is 61.9. The molecule has 0 saturated carbocycles. The van der Waals surface area contributed by atoms with Crippen LogP contribution in [0.5, 0.6) is 0 Å². The first kappa shape index (κ1) is 106. The van der Waals surface area contributed by atoms with Crippen molar-refractivity contribution in [3.05, 3.63) is 0 Å². The lowest BCUT2D eigenvalue weighted by atomic mass is 9.95. The van der Waals surface area contributed by atoms with Crippen LogP contribution in [0.2, 0.25) is 56.4 Å². The van der Waals surface area contributed by atoms with Gasteiger partial charge in [-0.15, -0.1) is 0 Å². The first-order valence-electron chi connectivity index (χ1n) is 35.2. The average molecular weight is 1580 g/mol. The Bertz CT molecular complexity index is 1970. The highest BCUT2D eigenvalue weighted by Gasteiger charge is 2.40. The molecular weight excluding hydrogens is 1430 g/mol. The Morgan fingerprint density at radius 1 is 0.347 bits per heavy atom. The molecule has 0 rings (SSSR count). The molecule has 0 aromatic rings. The topological polar surface area (TPSA) is 203 Å². The van der Waals surface area contributed by atoms with Gasteiger partial charge in [-0.1, -0.05) is 41.5 Å². The number of hydrogen-bond acceptors (Lipinski definition) is 21. The molecule has 5 amide bonds. The van der Waals surface area contributed by atoms with E-state index in [2.05, 4.69) is 33.1 Å². The molecule has 0 aliphatic carbocycles. The van der Waals surface area contributed by atoms with Gasteiger partial charge in [0.25, 0.3) is 0 Å². The zero-order valence-electron chi connectivity index (χ0n) is 68.0. The summed E-state index contributed by atoms with van der Waals surface area (Å²) in [5.41, 5.74) is -0.263. The van der Waals surface area contributed by atoms with Gasteiger partial charge in [-0.25, -0.2) is 0 Å². The Morgan fingerprint density at radius 3 is 0.878 bits per heavy atom. The highest BCUT2D eigenvalue weighted by atomic mass is 32.2. The molecule has 0 spiro atoms. The molecule has 0 aliphatic rings. The van der Waals surface area contributed by atoms with E-state index in [1.54, 1.807) is 114 Å². The second-order valence-electron chi connectivity index (χ2n) is 26.5. The number of carbonyl (C=O) groups excluding carboxylic acids is 5. The van der Waals surface area contributed by atoms with Crippen molar-refractivity contribution in [3.8, 4) is 0 Å². The number of thioether (sulfide) groups is 5. The minimum absolute atomic E-state index is 0.0627. The van der Waals surface area contributed by atoms with Crippen LogP contribution < -0.4 is 0 Å². The van der Waals surface area contributed by atoms with E-state index in [4.69, 9.17) is 48.7 Å². The Labute approximate surface area is 628 Å². The van der Waals surface area contributed by atoms with Gasteiger partial charge >= 0.3 is 34.7 Å². The van der Waals surface area contributed by atoms with Gasteiger partial charge in [0.1, 0.15) is 0 Å². The predicted octanol–water partition coefficient (Wildman–Crippen LogP) is 13.2. The van der Waals surface area contributed by atoms with Crippen molar-refractivity contribution in [2.45, 2.75) is 172 Å². The molecule has 31 heteroatoms. The van der Waals surface area contributed by atoms with Crippen LogP contribution in [0.25, 0.3) is 0 Å². The second-order valence-corrected chi connectivity index (χ2v) is 49.3. The third kappa shape index (κ3) is 53.5. The molecule has 0 aliphatic heterocycles. The Hall–Kier alpha value is -0.256. The predicted molar refractivity (Wildman–Crippen MR) is 435 cm³/mol. The molecule has 0 bridgehead atoms. The quantitative estimate of drug-likeness (QED) is 0.0410. The van der Waals surface area contributed by atoms with Crippen molar-refractivity contribution in [2.75, 3.05) is 203 Å². The van der Waals surface area contributed by atoms with Gasteiger partial charge in [0.05, 0.1) is 5.41 Å². The summed E-state index contributed by atoms with van der Waals surface area (Å²) in [7, 11) is 16.2. The fourth-order valence-electron chi connectivity index (χ4n) is 9.56. The van der Waals surface area contributed by atoms with E-state index < -0.39 is 43.0 Å². The molecule has 4 unspecified atom stereocenters. The third-order valence-corrected chi connectivity index (χ3v) is 36.6. The summed E-state index contributed by atoms with van der Waals surface area (Å²) in [6.45, 7) is 36.9. The highest BCUT2D eigenvalue weighted by molar-refractivity contribution is 8.00. The maximum atomic E-state index is 12.0. The normalized spacial score (nSPS) is 13.2. The molecule has 0 fully saturated rings. The maximum Gasteiger partial charge on any atom is 0.500 e. The smallest absolute Gasteiger partial charge is 0.418 e. The van der Waals surface area contributed by atoms with E-state index in [9.17, 15) is 24.0 Å². The van der Waals surface area contributed by atoms with Crippen LogP contribution in [-0.4, -0.2) is 300 Å². The van der Waals surface area contributed by atoms with Gasteiger partial charge in [-0.05, 0) is 147 Å². The summed E-state index contributed by atoms with van der Waals surface area (Å²) in [6, 6.07) is 4.88. The molecule has 98 heavy (non-hydrogen) atoms. The number of nitrogens with zero attached hydrogens (tertiary/aromatic N) is 5. The minimum atomic E-state index is -2.50. The lowest BCUT2D eigenvalue weighted by Gasteiger charge is -2.28. The molecule has 0 radical (unpaired) electrons. The molecule has 588 valence electrons. The summed E-state index contributed by atoms with van der Waals surface area (Å²) in [4.78, 5) is 67.1. The lowest BCUT2D eigenvalue weighted by Crippen LogP contribution is -2.46. The number of hydrogen-bond donors (Lipinski definition) is 0. The lowest BCUT2D eigenvalue weighted by molar-refractivity contribution is -0.136. The molecular formula is C67H149N5O16S5Si5. The maximum absolute atomic E-state index is 12.0. The molecule has 0 aromatic carbocycles. The van der Waals surface area contributed by atoms with Crippen LogP contribution in [0.15, 0.2) is 0 Å². The van der Waals surface area contributed by atoms with Crippen molar-refractivity contribution in [1.29, 1.82) is 0 Å². The Morgan fingerprint density at radius 2 is 0.612 bits per heavy atom. The largest absolute Gasteiger partial charge is 0.500 e. The van der Waals surface area contributed by atoms with Crippen molar-refractivity contribution in [3.63, 3.8) is 0 Å². The fraction of sp³-hybridized carbons (Fsp3) is 0.925. The number of carbonyl (C=O) groups is 5. The molecule has 21 nitrogen and oxygen atoms in total. The summed E-state index contributed by atoms with van der Waals surface area (Å²) in [5, 5.41) is 0. The van der Waals surface area contributed by atoms with E-state index in [0.717, 1.165) is 127 Å². The number of amides is 5. The molecule has 0 N–H and O–H groups in total. The zero-order chi connectivity index (χ0) is 76.8. The van der Waals surface area contributed by atoms with Crippen molar-refractivity contribution in [2.24, 2.45) is 29.1 Å². The van der Waals surface area contributed by atoms with Crippen LogP contribution in [-0.2, 0) is 72.7 Å². The average Bonchev–Trinajstić information content (AvgIpc) is 0.898. The molecule has 0 aromatic heterocycles. The Kier molecular flexibility index (Phi) is 67.1. The number of rotatable bonds is 52. The molecule has 0 heterocycles. The van der Waals surface area contributed by atoms with Gasteiger partial charge in [-0.2, -0.15) is 58.8 Å². The van der Waals surface area contributed by atoms with Gasteiger partial charge in [-0.3, -0.25) is 24.0 Å². The standard InChI is InChI=1S/C15H33NO4SSi.C14H31NO3SSi.C14H31NO2SSi.C12H27NO4SSi.C12H27NO3SSi/c1-7-18-22(19-8-2,20-9-3)12-10-11-21-13-14(4)15(17)16(5)6;1-7-17-20(6,18-8-2)11-9-10-19-12-13(3)14(16)15(4)5;1-8-17-19(6,7)11-9-10-18-12-14(2,3)13(16)15(4)5;1-11(12(14)13(2)3)10-18-8-7-9-19(15-4,16-5)17-6;1-11(12(14)13(2)3)10-17-8-7-9-18(6,15-4)16-5/h14H,7-13H2,1-6H3;13H,7-12H2,1-6H3;8-12H2,1-7H3;11H,7-10H2,1-6H3;11H,7-10H2,1-6H3.